The van der Waals surface area contributed by atoms with Gasteiger partial charge in [0.15, 0.2) is 9.84 Å². The van der Waals surface area contributed by atoms with Crippen LogP contribution >= 0.6 is 0 Å². The number of hydrogen-bond acceptors (Lipinski definition) is 3. The zero-order valence-corrected chi connectivity index (χ0v) is 9.25. The van der Waals surface area contributed by atoms with E-state index in [1.54, 1.807) is 19.1 Å². The highest BCUT2D eigenvalue weighted by molar-refractivity contribution is 7.91. The first-order valence-electron chi connectivity index (χ1n) is 4.55. The lowest BCUT2D eigenvalue weighted by atomic mass is 10.1. The van der Waals surface area contributed by atoms with Crippen LogP contribution < -0.4 is 5.73 Å². The van der Waals surface area contributed by atoms with E-state index in [2.05, 4.69) is 0 Å². The first kappa shape index (κ1) is 11.7. The number of sulfone groups is 1. The molecule has 0 spiro atoms. The van der Waals surface area contributed by atoms with Crippen LogP contribution in [0.25, 0.3) is 0 Å². The first-order valence-corrected chi connectivity index (χ1v) is 6.21. The molecule has 0 bridgehead atoms. The summed E-state index contributed by atoms with van der Waals surface area (Å²) in [7, 11) is -3.21. The number of carbonyl (C=O) groups is 1. The Morgan fingerprint density at radius 3 is 2.60 bits per heavy atom. The van der Waals surface area contributed by atoms with Crippen molar-refractivity contribution in [3.05, 3.63) is 29.8 Å². The normalized spacial score (nSPS) is 11.3. The highest BCUT2D eigenvalue weighted by atomic mass is 32.2. The van der Waals surface area contributed by atoms with Crippen molar-refractivity contribution in [3.63, 3.8) is 0 Å². The van der Waals surface area contributed by atoms with Crippen molar-refractivity contribution in [2.24, 2.45) is 5.73 Å². The van der Waals surface area contributed by atoms with Gasteiger partial charge in [0.25, 0.3) is 0 Å². The third-order valence-electron chi connectivity index (χ3n) is 2.02. The minimum Gasteiger partial charge on any atom is -0.369 e. The molecular formula is C10H13NO3S. The predicted octanol–water partition coefficient (Wildman–Crippen LogP) is 0.508. The molecule has 0 heterocycles. The lowest BCUT2D eigenvalue weighted by Crippen LogP contribution is -2.14. The molecule has 5 heteroatoms. The number of carbonyl (C=O) groups excluding carboxylic acids is 1. The van der Waals surface area contributed by atoms with E-state index in [-0.39, 0.29) is 17.1 Å². The average Bonchev–Trinajstić information content (AvgIpc) is 2.17. The summed E-state index contributed by atoms with van der Waals surface area (Å²) in [6.45, 7) is 1.58. The van der Waals surface area contributed by atoms with E-state index in [9.17, 15) is 13.2 Å². The fourth-order valence-corrected chi connectivity index (χ4v) is 2.17. The van der Waals surface area contributed by atoms with Gasteiger partial charge in [0.1, 0.15) is 0 Å². The molecule has 0 saturated carbocycles. The van der Waals surface area contributed by atoms with Crippen LogP contribution in [-0.2, 0) is 21.1 Å². The molecular weight excluding hydrogens is 214 g/mol. The third kappa shape index (κ3) is 3.06. The molecule has 0 atom stereocenters. The number of primary amides is 1. The lowest BCUT2D eigenvalue weighted by molar-refractivity contribution is -0.117. The number of nitrogens with two attached hydrogens (primary N) is 1. The molecule has 1 amide bonds. The Hall–Kier alpha value is -1.36. The minimum atomic E-state index is -3.21. The highest BCUT2D eigenvalue weighted by Crippen LogP contribution is 2.13. The largest absolute Gasteiger partial charge is 0.369 e. The van der Waals surface area contributed by atoms with Crippen molar-refractivity contribution in [1.82, 2.24) is 0 Å². The van der Waals surface area contributed by atoms with Gasteiger partial charge in [-0.2, -0.15) is 0 Å². The van der Waals surface area contributed by atoms with Gasteiger partial charge in [0.2, 0.25) is 5.91 Å². The van der Waals surface area contributed by atoms with Crippen LogP contribution in [0.5, 0.6) is 0 Å². The Balaban J connectivity index is 3.08. The van der Waals surface area contributed by atoms with Crippen LogP contribution in [0.4, 0.5) is 0 Å². The molecule has 1 rings (SSSR count). The van der Waals surface area contributed by atoms with Gasteiger partial charge in [-0.1, -0.05) is 19.1 Å². The van der Waals surface area contributed by atoms with Crippen LogP contribution in [0, 0.1) is 0 Å². The van der Waals surface area contributed by atoms with Crippen molar-refractivity contribution < 1.29 is 13.2 Å². The van der Waals surface area contributed by atoms with Gasteiger partial charge in [0, 0.05) is 0 Å². The van der Waals surface area contributed by atoms with Crippen molar-refractivity contribution in [3.8, 4) is 0 Å². The Morgan fingerprint density at radius 2 is 2.07 bits per heavy atom. The highest BCUT2D eigenvalue weighted by Gasteiger charge is 2.11. The van der Waals surface area contributed by atoms with Crippen LogP contribution in [0.15, 0.2) is 29.2 Å². The molecule has 4 nitrogen and oxygen atoms in total. The molecule has 0 fully saturated rings. The minimum absolute atomic E-state index is 0.0486. The lowest BCUT2D eigenvalue weighted by Gasteiger charge is -2.03. The summed E-state index contributed by atoms with van der Waals surface area (Å²) in [6.07, 6.45) is 0.0626. The maximum absolute atomic E-state index is 11.5. The second-order valence-electron chi connectivity index (χ2n) is 3.19. The maximum atomic E-state index is 11.5. The third-order valence-corrected chi connectivity index (χ3v) is 3.75. The molecule has 0 radical (unpaired) electrons. The van der Waals surface area contributed by atoms with E-state index in [1.165, 1.54) is 12.1 Å². The molecule has 2 N–H and O–H groups in total. The summed E-state index contributed by atoms with van der Waals surface area (Å²) in [5, 5.41) is 0. The topological polar surface area (TPSA) is 77.2 Å². The van der Waals surface area contributed by atoms with E-state index < -0.39 is 15.7 Å². The van der Waals surface area contributed by atoms with Gasteiger partial charge < -0.3 is 5.73 Å². The van der Waals surface area contributed by atoms with Gasteiger partial charge >= 0.3 is 0 Å². The number of amides is 1. The summed E-state index contributed by atoms with van der Waals surface area (Å²) in [5.41, 5.74) is 5.65. The van der Waals surface area contributed by atoms with Crippen LogP contribution in [0.1, 0.15) is 12.5 Å². The summed E-state index contributed by atoms with van der Waals surface area (Å²) < 4.78 is 23.0. The summed E-state index contributed by atoms with van der Waals surface area (Å²) in [6, 6.07) is 6.30. The summed E-state index contributed by atoms with van der Waals surface area (Å²) in [5.74, 6) is -0.423. The van der Waals surface area contributed by atoms with E-state index in [0.29, 0.717) is 5.56 Å². The summed E-state index contributed by atoms with van der Waals surface area (Å²) in [4.78, 5) is 10.9. The molecule has 0 saturated heterocycles. The quantitative estimate of drug-likeness (QED) is 0.814. The van der Waals surface area contributed by atoms with E-state index in [4.69, 9.17) is 5.73 Å². The van der Waals surface area contributed by atoms with Gasteiger partial charge in [-0.3, -0.25) is 4.79 Å². The zero-order valence-electron chi connectivity index (χ0n) is 8.43. The smallest absolute Gasteiger partial charge is 0.221 e. The monoisotopic (exact) mass is 227 g/mol. The van der Waals surface area contributed by atoms with Gasteiger partial charge in [-0.25, -0.2) is 8.42 Å². The molecule has 0 unspecified atom stereocenters. The molecule has 0 aliphatic carbocycles. The summed E-state index contributed by atoms with van der Waals surface area (Å²) >= 11 is 0. The molecule has 0 aliphatic heterocycles. The number of rotatable bonds is 4. The van der Waals surface area contributed by atoms with Crippen LogP contribution in [0.2, 0.25) is 0 Å². The standard InChI is InChI=1S/C10H13NO3S/c1-2-15(13,14)9-5-3-4-8(6-9)7-10(11)12/h3-6H,2,7H2,1H3,(H2,11,12). The number of hydrogen-bond donors (Lipinski definition) is 1. The van der Waals surface area contributed by atoms with Gasteiger partial charge in [-0.05, 0) is 17.7 Å². The fraction of sp³-hybridized carbons (Fsp3) is 0.300. The Labute approximate surface area is 89.0 Å². The SMILES string of the molecule is CCS(=O)(=O)c1cccc(CC(N)=O)c1. The predicted molar refractivity (Wildman–Crippen MR) is 57.1 cm³/mol. The fourth-order valence-electron chi connectivity index (χ4n) is 1.22. The molecule has 1 aromatic rings. The molecule has 0 aromatic heterocycles. The Bertz CT molecular complexity index is 465. The second-order valence-corrected chi connectivity index (χ2v) is 5.47. The number of benzene rings is 1. The zero-order chi connectivity index (χ0) is 11.5. The Morgan fingerprint density at radius 1 is 1.40 bits per heavy atom. The molecule has 82 valence electrons. The van der Waals surface area contributed by atoms with Crippen molar-refractivity contribution in [2.75, 3.05) is 5.75 Å². The molecule has 0 aliphatic rings. The van der Waals surface area contributed by atoms with Crippen molar-refractivity contribution in [1.29, 1.82) is 0 Å². The first-order chi connectivity index (χ1) is 6.95. The van der Waals surface area contributed by atoms with E-state index in [0.717, 1.165) is 0 Å². The molecule has 15 heavy (non-hydrogen) atoms. The Kier molecular flexibility index (Phi) is 3.47. The average molecular weight is 227 g/mol. The van der Waals surface area contributed by atoms with Crippen molar-refractivity contribution in [2.45, 2.75) is 18.2 Å². The second kappa shape index (κ2) is 4.44. The van der Waals surface area contributed by atoms with E-state index >= 15 is 0 Å². The van der Waals surface area contributed by atoms with E-state index in [1.807, 2.05) is 0 Å². The van der Waals surface area contributed by atoms with Gasteiger partial charge in [0.05, 0.1) is 17.1 Å². The van der Waals surface area contributed by atoms with Gasteiger partial charge in [-0.15, -0.1) is 0 Å². The van der Waals surface area contributed by atoms with Crippen molar-refractivity contribution >= 4 is 15.7 Å². The molecule has 1 aromatic carbocycles. The maximum Gasteiger partial charge on any atom is 0.221 e. The van der Waals surface area contributed by atoms with Crippen LogP contribution in [-0.4, -0.2) is 20.1 Å². The van der Waals surface area contributed by atoms with Crippen LogP contribution in [0.3, 0.4) is 0 Å².